The predicted octanol–water partition coefficient (Wildman–Crippen LogP) is 1.84. The van der Waals surface area contributed by atoms with Gasteiger partial charge in [0, 0.05) is 51.0 Å². The summed E-state index contributed by atoms with van der Waals surface area (Å²) in [6, 6.07) is 4.91. The van der Waals surface area contributed by atoms with Gasteiger partial charge in [-0.2, -0.15) is 0 Å². The zero-order valence-electron chi connectivity index (χ0n) is 17.7. The van der Waals surface area contributed by atoms with Crippen LogP contribution in [-0.2, 0) is 4.79 Å². The van der Waals surface area contributed by atoms with Crippen LogP contribution in [0.25, 0.3) is 11.0 Å². The second-order valence-corrected chi connectivity index (χ2v) is 8.03. The van der Waals surface area contributed by atoms with Crippen molar-refractivity contribution in [3.63, 3.8) is 0 Å². The molecule has 0 spiro atoms. The van der Waals surface area contributed by atoms with Crippen molar-refractivity contribution in [2.75, 3.05) is 36.4 Å². The lowest BCUT2D eigenvalue weighted by Crippen LogP contribution is -2.54. The number of nitrogens with zero attached hydrogens (tertiary/aromatic N) is 4. The van der Waals surface area contributed by atoms with Crippen LogP contribution in [0.15, 0.2) is 43.0 Å². The number of nitrogens with one attached hydrogen (secondary N) is 2. The zero-order valence-corrected chi connectivity index (χ0v) is 17.7. The van der Waals surface area contributed by atoms with Crippen LogP contribution in [0, 0.1) is 5.92 Å². The van der Waals surface area contributed by atoms with Crippen LogP contribution in [-0.4, -0.2) is 63.9 Å². The fourth-order valence-corrected chi connectivity index (χ4v) is 3.76. The molecule has 3 aromatic heterocycles. The highest BCUT2D eigenvalue weighted by molar-refractivity contribution is 6.11. The molecule has 1 saturated heterocycles. The average molecular weight is 422 g/mol. The molecule has 0 aromatic carbocycles. The third-order valence-electron chi connectivity index (χ3n) is 5.66. The van der Waals surface area contributed by atoms with E-state index in [0.717, 1.165) is 11.1 Å². The summed E-state index contributed by atoms with van der Waals surface area (Å²) in [5.74, 6) is -0.126. The van der Waals surface area contributed by atoms with Gasteiger partial charge < -0.3 is 25.8 Å². The van der Waals surface area contributed by atoms with Gasteiger partial charge in [-0.1, -0.05) is 13.8 Å². The van der Waals surface area contributed by atoms with E-state index in [9.17, 15) is 9.59 Å². The Hall–Kier alpha value is -3.46. The first-order valence-corrected chi connectivity index (χ1v) is 10.4. The molecule has 0 radical (unpaired) electrons. The number of hydrogen-bond acceptors (Lipinski definition) is 6. The molecule has 2 amide bonds. The third kappa shape index (κ3) is 4.22. The van der Waals surface area contributed by atoms with Crippen molar-refractivity contribution in [2.45, 2.75) is 19.9 Å². The van der Waals surface area contributed by atoms with Gasteiger partial charge in [0.05, 0.1) is 28.4 Å². The van der Waals surface area contributed by atoms with E-state index in [1.807, 2.05) is 24.8 Å². The van der Waals surface area contributed by atoms with Gasteiger partial charge in [-0.3, -0.25) is 14.6 Å². The number of hydrogen-bond donors (Lipinski definition) is 3. The van der Waals surface area contributed by atoms with Crippen LogP contribution in [0.5, 0.6) is 0 Å². The number of nitrogens with two attached hydrogens (primary N) is 1. The molecule has 0 bridgehead atoms. The maximum atomic E-state index is 12.6. The number of anilines is 2. The summed E-state index contributed by atoms with van der Waals surface area (Å²) in [5.41, 5.74) is 8.85. The largest absolute Gasteiger partial charge is 0.367 e. The normalized spacial score (nSPS) is 15.4. The molecule has 3 aromatic rings. The number of aromatic amines is 1. The van der Waals surface area contributed by atoms with Gasteiger partial charge in [0.25, 0.3) is 5.91 Å². The smallest absolute Gasteiger partial charge is 0.257 e. The Kier molecular flexibility index (Phi) is 5.85. The minimum Gasteiger partial charge on any atom is -0.367 e. The van der Waals surface area contributed by atoms with Crippen LogP contribution in [0.1, 0.15) is 24.2 Å². The molecule has 1 unspecified atom stereocenters. The Balaban J connectivity index is 1.53. The lowest BCUT2D eigenvalue weighted by Gasteiger charge is -2.37. The van der Waals surface area contributed by atoms with Crippen LogP contribution < -0.4 is 16.0 Å². The number of carbonyl (C=O) groups excluding carboxylic acids is 2. The van der Waals surface area contributed by atoms with Crippen LogP contribution in [0.2, 0.25) is 0 Å². The minimum absolute atomic E-state index is 0.000549. The first-order chi connectivity index (χ1) is 15.0. The van der Waals surface area contributed by atoms with Gasteiger partial charge in [-0.15, -0.1) is 0 Å². The topological polar surface area (TPSA) is 120 Å². The van der Waals surface area contributed by atoms with Crippen molar-refractivity contribution in [1.29, 1.82) is 0 Å². The van der Waals surface area contributed by atoms with Crippen molar-refractivity contribution >= 4 is 34.2 Å². The summed E-state index contributed by atoms with van der Waals surface area (Å²) in [7, 11) is 0. The van der Waals surface area contributed by atoms with E-state index in [1.165, 1.54) is 6.20 Å². The Bertz CT molecular complexity index is 1070. The summed E-state index contributed by atoms with van der Waals surface area (Å²) in [6.45, 7) is 6.48. The standard InChI is InChI=1S/C22H27N7O2/c1-14(2)19(23)22(31)29-10-8-28(9-11-29)17-5-7-25-20-18(17)16(13-26-20)27-21(30)15-4-3-6-24-12-15/h3-7,12-14,19H,8-11,23H2,1-2H3,(H,25,26)(H,27,30). The second-order valence-electron chi connectivity index (χ2n) is 8.03. The van der Waals surface area contributed by atoms with Crippen LogP contribution in [0.3, 0.4) is 0 Å². The highest BCUT2D eigenvalue weighted by Gasteiger charge is 2.28. The van der Waals surface area contributed by atoms with Gasteiger partial charge in [-0.25, -0.2) is 4.98 Å². The highest BCUT2D eigenvalue weighted by atomic mass is 16.2. The average Bonchev–Trinajstić information content (AvgIpc) is 3.21. The van der Waals surface area contributed by atoms with E-state index in [-0.39, 0.29) is 17.7 Å². The zero-order chi connectivity index (χ0) is 22.0. The Morgan fingerprint density at radius 1 is 1.16 bits per heavy atom. The number of piperazine rings is 1. The molecule has 4 N–H and O–H groups in total. The Morgan fingerprint density at radius 2 is 1.94 bits per heavy atom. The van der Waals surface area contributed by atoms with E-state index in [0.29, 0.717) is 43.1 Å². The van der Waals surface area contributed by atoms with Crippen molar-refractivity contribution in [3.8, 4) is 0 Å². The molecule has 1 aliphatic rings. The number of carbonyl (C=O) groups is 2. The molecule has 4 rings (SSSR count). The predicted molar refractivity (Wildman–Crippen MR) is 120 cm³/mol. The maximum Gasteiger partial charge on any atom is 0.257 e. The second kappa shape index (κ2) is 8.73. The van der Waals surface area contributed by atoms with E-state index < -0.39 is 6.04 Å². The van der Waals surface area contributed by atoms with Crippen LogP contribution >= 0.6 is 0 Å². The lowest BCUT2D eigenvalue weighted by atomic mass is 10.0. The van der Waals surface area contributed by atoms with Gasteiger partial charge in [0.1, 0.15) is 5.65 Å². The van der Waals surface area contributed by atoms with Gasteiger partial charge in [0.15, 0.2) is 0 Å². The highest BCUT2D eigenvalue weighted by Crippen LogP contribution is 2.32. The number of rotatable bonds is 5. The third-order valence-corrected chi connectivity index (χ3v) is 5.66. The van der Waals surface area contributed by atoms with E-state index in [1.54, 1.807) is 30.7 Å². The molecule has 9 heteroatoms. The molecule has 162 valence electrons. The molecule has 0 saturated carbocycles. The van der Waals surface area contributed by atoms with E-state index >= 15 is 0 Å². The molecular formula is C22H27N7O2. The number of pyridine rings is 2. The first kappa shape index (κ1) is 20.8. The van der Waals surface area contributed by atoms with Gasteiger partial charge in [-0.05, 0) is 24.1 Å². The van der Waals surface area contributed by atoms with Crippen LogP contribution in [0.4, 0.5) is 11.4 Å². The lowest BCUT2D eigenvalue weighted by molar-refractivity contribution is -0.133. The van der Waals surface area contributed by atoms with Crippen molar-refractivity contribution in [3.05, 3.63) is 48.5 Å². The minimum atomic E-state index is -0.474. The number of H-pyrrole nitrogens is 1. The quantitative estimate of drug-likeness (QED) is 0.578. The molecular weight excluding hydrogens is 394 g/mol. The molecule has 1 fully saturated rings. The summed E-state index contributed by atoms with van der Waals surface area (Å²) >= 11 is 0. The molecule has 31 heavy (non-hydrogen) atoms. The summed E-state index contributed by atoms with van der Waals surface area (Å²) < 4.78 is 0. The monoisotopic (exact) mass is 421 g/mol. The summed E-state index contributed by atoms with van der Waals surface area (Å²) in [5, 5.41) is 3.80. The summed E-state index contributed by atoms with van der Waals surface area (Å²) in [4.78, 5) is 40.8. The molecule has 9 nitrogen and oxygen atoms in total. The fourth-order valence-electron chi connectivity index (χ4n) is 3.76. The van der Waals surface area contributed by atoms with Gasteiger partial charge >= 0.3 is 0 Å². The number of aromatic nitrogens is 3. The van der Waals surface area contributed by atoms with E-state index in [2.05, 4.69) is 25.2 Å². The van der Waals surface area contributed by atoms with Crippen molar-refractivity contribution < 1.29 is 9.59 Å². The van der Waals surface area contributed by atoms with Crippen molar-refractivity contribution in [1.82, 2.24) is 19.9 Å². The van der Waals surface area contributed by atoms with Gasteiger partial charge in [0.2, 0.25) is 5.91 Å². The Labute approximate surface area is 180 Å². The maximum absolute atomic E-state index is 12.6. The van der Waals surface area contributed by atoms with E-state index in [4.69, 9.17) is 5.73 Å². The van der Waals surface area contributed by atoms with Crippen molar-refractivity contribution in [2.24, 2.45) is 11.7 Å². The fraction of sp³-hybridized carbons (Fsp3) is 0.364. The molecule has 1 aliphatic heterocycles. The SMILES string of the molecule is CC(C)C(N)C(=O)N1CCN(c2ccnc3[nH]cc(NC(=O)c4cccnc4)c23)CC1. The first-order valence-electron chi connectivity index (χ1n) is 10.4. The molecule has 4 heterocycles. The Morgan fingerprint density at radius 3 is 2.61 bits per heavy atom. The molecule has 0 aliphatic carbocycles. The number of amides is 2. The molecule has 1 atom stereocenters. The summed E-state index contributed by atoms with van der Waals surface area (Å²) in [6.07, 6.45) is 6.65. The number of fused-ring (bicyclic) bond motifs is 1.